The zero-order valence-corrected chi connectivity index (χ0v) is 37.8. The second kappa shape index (κ2) is 19.8. The number of nitrogens with zero attached hydrogens (tertiary/aromatic N) is 6. The van der Waals surface area contributed by atoms with Crippen LogP contribution in [0, 0.1) is 10.1 Å². The molecule has 0 radical (unpaired) electrons. The topological polar surface area (TPSA) is 137 Å². The van der Waals surface area contributed by atoms with Gasteiger partial charge < -0.3 is 10.2 Å². The number of sulfonamides is 1. The predicted molar refractivity (Wildman–Crippen MR) is 253 cm³/mol. The fourth-order valence-corrected chi connectivity index (χ4v) is 11.3. The number of rotatable bonds is 16. The first kappa shape index (κ1) is 43.9. The van der Waals surface area contributed by atoms with Crippen LogP contribution in [-0.4, -0.2) is 96.3 Å². The van der Waals surface area contributed by atoms with E-state index in [0.717, 1.165) is 93.0 Å². The van der Waals surface area contributed by atoms with E-state index >= 15 is 0 Å². The van der Waals surface area contributed by atoms with Gasteiger partial charge in [-0.25, -0.2) is 18.4 Å². The Kier molecular flexibility index (Phi) is 14.0. The Hall–Kier alpha value is -4.73. The molecule has 3 atom stereocenters. The van der Waals surface area contributed by atoms with Crippen LogP contribution >= 0.6 is 23.4 Å². The van der Waals surface area contributed by atoms with E-state index in [1.165, 1.54) is 48.0 Å². The number of anilines is 3. The lowest BCUT2D eigenvalue weighted by atomic mass is 9.87. The first-order valence-corrected chi connectivity index (χ1v) is 24.6. The van der Waals surface area contributed by atoms with Crippen molar-refractivity contribution in [2.75, 3.05) is 60.0 Å². The average Bonchev–Trinajstić information content (AvgIpc) is 3.61. The number of likely N-dealkylation sites (tertiary alicyclic amines) is 1. The Balaban J connectivity index is 0.938. The lowest BCUT2D eigenvalue weighted by molar-refractivity contribution is -0.384. The fourth-order valence-electron chi connectivity index (χ4n) is 9.16. The van der Waals surface area contributed by atoms with Crippen LogP contribution in [0.15, 0.2) is 113 Å². The number of halogens is 1. The monoisotopic (exact) mass is 894 g/mol. The third-order valence-corrected chi connectivity index (χ3v) is 15.4. The first-order chi connectivity index (χ1) is 30.0. The van der Waals surface area contributed by atoms with Gasteiger partial charge in [0, 0.05) is 90.2 Å². The van der Waals surface area contributed by atoms with Crippen LogP contribution < -0.4 is 14.9 Å². The van der Waals surface area contributed by atoms with Crippen LogP contribution in [0.2, 0.25) is 5.02 Å². The van der Waals surface area contributed by atoms with E-state index in [0.29, 0.717) is 28.7 Å². The molecule has 2 aliphatic heterocycles. The Morgan fingerprint density at radius 2 is 1.65 bits per heavy atom. The van der Waals surface area contributed by atoms with Crippen LogP contribution in [0.3, 0.4) is 0 Å². The minimum atomic E-state index is -4.27. The number of aromatic nitrogens is 2. The van der Waals surface area contributed by atoms with E-state index in [2.05, 4.69) is 72.8 Å². The number of hydrogen-bond acceptors (Lipinski definition) is 11. The third-order valence-electron chi connectivity index (χ3n) is 12.7. The van der Waals surface area contributed by atoms with Gasteiger partial charge in [0.25, 0.3) is 15.7 Å². The smallest absolute Gasteiger partial charge is 0.293 e. The van der Waals surface area contributed by atoms with Crippen LogP contribution in [0.4, 0.5) is 22.9 Å². The number of thioether (sulfide) groups is 1. The molecule has 2 fully saturated rings. The van der Waals surface area contributed by atoms with Crippen molar-refractivity contribution in [3.8, 4) is 0 Å². The summed E-state index contributed by atoms with van der Waals surface area (Å²) in [6.45, 7) is 9.89. The van der Waals surface area contributed by atoms with Gasteiger partial charge in [0.1, 0.15) is 12.0 Å². The lowest BCUT2D eigenvalue weighted by Crippen LogP contribution is -2.47. The number of nitro benzene ring substituents is 1. The quantitative estimate of drug-likeness (QED) is 0.0557. The van der Waals surface area contributed by atoms with Crippen LogP contribution in [-0.2, 0) is 10.0 Å². The molecule has 326 valence electrons. The number of piperazine rings is 1. The highest BCUT2D eigenvalue weighted by molar-refractivity contribution is 7.99. The zero-order chi connectivity index (χ0) is 43.2. The van der Waals surface area contributed by atoms with Crippen molar-refractivity contribution in [2.24, 2.45) is 0 Å². The molecular formula is C47H55ClN8O4S2. The minimum Gasteiger partial charge on any atom is -0.376 e. The van der Waals surface area contributed by atoms with Crippen molar-refractivity contribution in [1.29, 1.82) is 0 Å². The van der Waals surface area contributed by atoms with Gasteiger partial charge in [0.2, 0.25) is 0 Å². The Bertz CT molecular complexity index is 2490. The molecule has 3 aliphatic rings. The van der Waals surface area contributed by atoms with Crippen molar-refractivity contribution < 1.29 is 13.3 Å². The molecule has 0 saturated carbocycles. The van der Waals surface area contributed by atoms with Gasteiger partial charge in [-0.3, -0.25) is 24.6 Å². The number of hydrogen-bond donors (Lipinski definition) is 2. The Labute approximate surface area is 374 Å². The van der Waals surface area contributed by atoms with E-state index in [1.54, 1.807) is 11.8 Å². The molecule has 0 amide bonds. The summed E-state index contributed by atoms with van der Waals surface area (Å²) in [5, 5.41) is 17.2. The lowest BCUT2D eigenvalue weighted by Gasteiger charge is -2.37. The van der Waals surface area contributed by atoms with Gasteiger partial charge in [-0.2, -0.15) is 0 Å². The third kappa shape index (κ3) is 10.5. The molecule has 3 heterocycles. The van der Waals surface area contributed by atoms with Crippen molar-refractivity contribution in [1.82, 2.24) is 19.8 Å². The number of nitro groups is 1. The highest BCUT2D eigenvalue weighted by Crippen LogP contribution is 2.35. The molecule has 0 spiro atoms. The van der Waals surface area contributed by atoms with Gasteiger partial charge in [-0.15, -0.1) is 11.8 Å². The molecular weight excluding hydrogens is 840 g/mol. The summed E-state index contributed by atoms with van der Waals surface area (Å²) in [5.41, 5.74) is 5.85. The largest absolute Gasteiger partial charge is 0.376 e. The number of fused-ring (bicyclic) bond motifs is 1. The SMILES string of the molecule is CC1CCC(C)N1CCC(CSc1ccccc1)Nc1ccc(S(=O)(=O)Nc2ncnc3cc(N4CCN(CC5=C(c6ccc(Cl)cc6)CCCC5)CC4)ccc23)cc1[N+](=O)[O-]. The van der Waals surface area contributed by atoms with Gasteiger partial charge in [0.15, 0.2) is 5.82 Å². The summed E-state index contributed by atoms with van der Waals surface area (Å²) >= 11 is 7.88. The van der Waals surface area contributed by atoms with E-state index in [4.69, 9.17) is 11.6 Å². The summed E-state index contributed by atoms with van der Waals surface area (Å²) in [6, 6.07) is 29.0. The van der Waals surface area contributed by atoms with Gasteiger partial charge in [-0.1, -0.05) is 47.5 Å². The van der Waals surface area contributed by atoms with Crippen LogP contribution in [0.25, 0.3) is 16.5 Å². The maximum absolute atomic E-state index is 13.9. The molecule has 0 bridgehead atoms. The van der Waals surface area contributed by atoms with Crippen LogP contribution in [0.1, 0.15) is 64.4 Å². The van der Waals surface area contributed by atoms with Crippen molar-refractivity contribution in [3.63, 3.8) is 0 Å². The molecule has 2 saturated heterocycles. The molecule has 8 rings (SSSR count). The first-order valence-electron chi connectivity index (χ1n) is 21.7. The highest BCUT2D eigenvalue weighted by Gasteiger charge is 2.29. The summed E-state index contributed by atoms with van der Waals surface area (Å²) in [5.74, 6) is 0.792. The minimum absolute atomic E-state index is 0.103. The number of benzene rings is 4. The molecule has 1 aromatic heterocycles. The Morgan fingerprint density at radius 1 is 0.903 bits per heavy atom. The zero-order valence-electron chi connectivity index (χ0n) is 35.4. The molecule has 2 N–H and O–H groups in total. The molecule has 12 nitrogen and oxygen atoms in total. The number of allylic oxidation sites excluding steroid dienone is 1. The maximum atomic E-state index is 13.9. The predicted octanol–water partition coefficient (Wildman–Crippen LogP) is 9.98. The summed E-state index contributed by atoms with van der Waals surface area (Å²) in [7, 11) is -4.27. The normalized spacial score (nSPS) is 19.5. The van der Waals surface area contributed by atoms with Crippen molar-refractivity contribution >= 4 is 72.7 Å². The van der Waals surface area contributed by atoms with Crippen LogP contribution in [0.5, 0.6) is 0 Å². The van der Waals surface area contributed by atoms with E-state index < -0.39 is 14.9 Å². The fraction of sp³-hybridized carbons (Fsp3) is 0.404. The molecule has 62 heavy (non-hydrogen) atoms. The Morgan fingerprint density at radius 3 is 2.39 bits per heavy atom. The molecule has 1 aliphatic carbocycles. The highest BCUT2D eigenvalue weighted by atomic mass is 35.5. The standard InChI is InChI=1S/C47H55ClN8O4S2/c1-33-12-13-34(2)55(33)23-22-38(31-61-40-9-4-3-5-10-40)51-44-21-19-41(29-46(44)56(57)58)62(59,60)52-47-43-20-18-39(28-45(43)49-32-50-47)54-26-24-53(25-27-54)30-36-8-6-7-11-42(36)35-14-16-37(48)17-15-35/h3-5,9-10,14-21,28-29,32-34,38,51H,6-8,11-13,22-27,30-31H2,1-2H3,(H,49,50,52). The second-order valence-corrected chi connectivity index (χ2v) is 20.0. The number of nitrogens with one attached hydrogen (secondary N) is 2. The summed E-state index contributed by atoms with van der Waals surface area (Å²) in [4.78, 5) is 29.0. The maximum Gasteiger partial charge on any atom is 0.293 e. The van der Waals surface area contributed by atoms with Gasteiger partial charge >= 0.3 is 0 Å². The summed E-state index contributed by atoms with van der Waals surface area (Å²) < 4.78 is 30.4. The van der Waals surface area contributed by atoms with Gasteiger partial charge in [0.05, 0.1) is 15.3 Å². The summed E-state index contributed by atoms with van der Waals surface area (Å²) in [6.07, 6.45) is 9.09. The van der Waals surface area contributed by atoms with Crippen molar-refractivity contribution in [3.05, 3.63) is 124 Å². The van der Waals surface area contributed by atoms with Crippen molar-refractivity contribution in [2.45, 2.75) is 86.7 Å². The van der Waals surface area contributed by atoms with E-state index in [9.17, 15) is 18.5 Å². The molecule has 3 unspecified atom stereocenters. The van der Waals surface area contributed by atoms with E-state index in [1.807, 2.05) is 48.5 Å². The molecule has 15 heteroatoms. The second-order valence-electron chi connectivity index (χ2n) is 16.8. The van der Waals surface area contributed by atoms with E-state index in [-0.39, 0.29) is 28.1 Å². The van der Waals surface area contributed by atoms with Gasteiger partial charge in [-0.05, 0) is 125 Å². The molecule has 4 aromatic carbocycles. The molecule has 5 aromatic rings. The average molecular weight is 896 g/mol.